The molecule has 2 aliphatic carbocycles. The van der Waals surface area contributed by atoms with Crippen LogP contribution in [-0.2, 0) is 0 Å². The fourth-order valence-corrected chi connectivity index (χ4v) is 3.48. The van der Waals surface area contributed by atoms with Gasteiger partial charge in [-0.05, 0) is 50.4 Å². The molecule has 0 nitrogen and oxygen atoms in total. The molecule has 2 saturated carbocycles. The van der Waals surface area contributed by atoms with Crippen LogP contribution in [-0.4, -0.2) is 5.67 Å². The maximum absolute atomic E-state index is 13.6. The zero-order valence-corrected chi connectivity index (χ0v) is 8.85. The Morgan fingerprint density at radius 1 is 1.23 bits per heavy atom. The molecule has 76 valence electrons. The molecule has 1 heteroatoms. The van der Waals surface area contributed by atoms with Crippen molar-refractivity contribution in [3.63, 3.8) is 0 Å². The van der Waals surface area contributed by atoms with Crippen LogP contribution in [0, 0.1) is 17.8 Å². The molecule has 0 aromatic carbocycles. The van der Waals surface area contributed by atoms with Crippen LogP contribution >= 0.6 is 0 Å². The lowest BCUT2D eigenvalue weighted by Crippen LogP contribution is -2.18. The van der Waals surface area contributed by atoms with E-state index in [1.54, 1.807) is 6.92 Å². The van der Waals surface area contributed by atoms with E-state index in [-0.39, 0.29) is 0 Å². The minimum absolute atomic E-state index is 0.701. The highest BCUT2D eigenvalue weighted by Crippen LogP contribution is 2.47. The molecule has 13 heavy (non-hydrogen) atoms. The van der Waals surface area contributed by atoms with Crippen molar-refractivity contribution in [2.45, 2.75) is 58.0 Å². The predicted molar refractivity (Wildman–Crippen MR) is 53.4 cm³/mol. The van der Waals surface area contributed by atoms with Crippen molar-refractivity contribution < 1.29 is 4.39 Å². The van der Waals surface area contributed by atoms with E-state index in [1.165, 1.54) is 19.3 Å². The molecule has 0 N–H and O–H groups in total. The van der Waals surface area contributed by atoms with E-state index in [2.05, 4.69) is 6.92 Å². The molecule has 0 spiro atoms. The number of halogens is 1. The molecule has 0 heterocycles. The van der Waals surface area contributed by atoms with E-state index in [9.17, 15) is 4.39 Å². The van der Waals surface area contributed by atoms with Gasteiger partial charge in [0, 0.05) is 0 Å². The Bertz CT molecular complexity index is 186. The molecule has 0 radical (unpaired) electrons. The lowest BCUT2D eigenvalue weighted by molar-refractivity contribution is 0.175. The monoisotopic (exact) mass is 184 g/mol. The first kappa shape index (κ1) is 9.48. The van der Waals surface area contributed by atoms with Crippen molar-refractivity contribution in [2.75, 3.05) is 0 Å². The third-order valence-corrected chi connectivity index (χ3v) is 4.26. The highest BCUT2D eigenvalue weighted by Gasteiger charge is 2.41. The van der Waals surface area contributed by atoms with Crippen LogP contribution in [0.5, 0.6) is 0 Å². The normalized spacial score (nSPS) is 51.5. The Kier molecular flexibility index (Phi) is 2.37. The first-order chi connectivity index (χ1) is 6.08. The first-order valence-electron chi connectivity index (χ1n) is 5.77. The fraction of sp³-hybridized carbons (Fsp3) is 1.00. The predicted octanol–water partition coefficient (Wildman–Crippen LogP) is 3.95. The second-order valence-electron chi connectivity index (χ2n) is 5.49. The maximum atomic E-state index is 13.6. The molecule has 0 aromatic rings. The Hall–Kier alpha value is -0.0700. The Morgan fingerprint density at radius 2 is 2.00 bits per heavy atom. The summed E-state index contributed by atoms with van der Waals surface area (Å²) >= 11 is 0. The van der Waals surface area contributed by atoms with Gasteiger partial charge in [0.1, 0.15) is 5.67 Å². The van der Waals surface area contributed by atoms with Crippen LogP contribution in [0.25, 0.3) is 0 Å². The SMILES string of the molecule is CC1CCCC1C1CCC(C)(F)C1. The molecule has 0 aromatic heterocycles. The molecule has 0 saturated heterocycles. The minimum Gasteiger partial charge on any atom is -0.244 e. The lowest BCUT2D eigenvalue weighted by atomic mass is 9.83. The summed E-state index contributed by atoms with van der Waals surface area (Å²) in [6.07, 6.45) is 6.91. The Morgan fingerprint density at radius 3 is 2.46 bits per heavy atom. The molecule has 2 aliphatic rings. The van der Waals surface area contributed by atoms with Crippen LogP contribution in [0.15, 0.2) is 0 Å². The number of hydrogen-bond acceptors (Lipinski definition) is 0. The van der Waals surface area contributed by atoms with E-state index in [0.29, 0.717) is 5.92 Å². The van der Waals surface area contributed by atoms with E-state index >= 15 is 0 Å². The molecule has 0 bridgehead atoms. The third kappa shape index (κ3) is 1.89. The molecular weight excluding hydrogens is 163 g/mol. The molecule has 0 amide bonds. The van der Waals surface area contributed by atoms with Gasteiger partial charge in [-0.25, -0.2) is 4.39 Å². The van der Waals surface area contributed by atoms with Crippen molar-refractivity contribution in [3.05, 3.63) is 0 Å². The summed E-state index contributed by atoms with van der Waals surface area (Å²) in [5.41, 5.74) is -0.840. The average molecular weight is 184 g/mol. The van der Waals surface area contributed by atoms with Crippen LogP contribution in [0.3, 0.4) is 0 Å². The van der Waals surface area contributed by atoms with Gasteiger partial charge in [-0.3, -0.25) is 0 Å². The van der Waals surface area contributed by atoms with E-state index < -0.39 is 5.67 Å². The number of alkyl halides is 1. The largest absolute Gasteiger partial charge is 0.244 e. The van der Waals surface area contributed by atoms with Gasteiger partial charge < -0.3 is 0 Å². The average Bonchev–Trinajstić information content (AvgIpc) is 2.56. The number of rotatable bonds is 1. The quantitative estimate of drug-likeness (QED) is 0.579. The fourth-order valence-electron chi connectivity index (χ4n) is 3.48. The van der Waals surface area contributed by atoms with Gasteiger partial charge in [0.05, 0.1) is 0 Å². The number of hydrogen-bond donors (Lipinski definition) is 0. The Labute approximate surface area is 80.9 Å². The Balaban J connectivity index is 1.95. The van der Waals surface area contributed by atoms with Gasteiger partial charge in [0.2, 0.25) is 0 Å². The van der Waals surface area contributed by atoms with Crippen molar-refractivity contribution in [1.82, 2.24) is 0 Å². The summed E-state index contributed by atoms with van der Waals surface area (Å²) in [7, 11) is 0. The zero-order chi connectivity index (χ0) is 9.47. The lowest BCUT2D eigenvalue weighted by Gasteiger charge is -2.23. The summed E-state index contributed by atoms with van der Waals surface area (Å²) in [6.45, 7) is 4.14. The van der Waals surface area contributed by atoms with Gasteiger partial charge in [0.25, 0.3) is 0 Å². The standard InChI is InChI=1S/C12H21F/c1-9-4-3-5-11(9)10-6-7-12(2,13)8-10/h9-11H,3-8H2,1-2H3. The van der Waals surface area contributed by atoms with Crippen LogP contribution in [0.2, 0.25) is 0 Å². The maximum Gasteiger partial charge on any atom is 0.108 e. The van der Waals surface area contributed by atoms with E-state index in [0.717, 1.165) is 31.1 Å². The summed E-state index contributed by atoms with van der Waals surface area (Å²) < 4.78 is 13.6. The van der Waals surface area contributed by atoms with Crippen LogP contribution in [0.4, 0.5) is 4.39 Å². The summed E-state index contributed by atoms with van der Waals surface area (Å²) in [4.78, 5) is 0. The van der Waals surface area contributed by atoms with Gasteiger partial charge in [0.15, 0.2) is 0 Å². The van der Waals surface area contributed by atoms with Crippen molar-refractivity contribution in [1.29, 1.82) is 0 Å². The second kappa shape index (κ2) is 3.25. The summed E-state index contributed by atoms with van der Waals surface area (Å²) in [6, 6.07) is 0. The van der Waals surface area contributed by atoms with E-state index in [1.807, 2.05) is 0 Å². The van der Waals surface area contributed by atoms with E-state index in [4.69, 9.17) is 0 Å². The molecule has 2 rings (SSSR count). The third-order valence-electron chi connectivity index (χ3n) is 4.26. The van der Waals surface area contributed by atoms with Crippen LogP contribution in [0.1, 0.15) is 52.4 Å². The molecule has 2 fully saturated rings. The minimum atomic E-state index is -0.840. The van der Waals surface area contributed by atoms with Gasteiger partial charge in [-0.1, -0.05) is 19.8 Å². The van der Waals surface area contributed by atoms with Crippen molar-refractivity contribution >= 4 is 0 Å². The topological polar surface area (TPSA) is 0 Å². The molecule has 4 atom stereocenters. The smallest absolute Gasteiger partial charge is 0.108 e. The first-order valence-corrected chi connectivity index (χ1v) is 5.77. The van der Waals surface area contributed by atoms with Gasteiger partial charge in [-0.2, -0.15) is 0 Å². The van der Waals surface area contributed by atoms with Crippen LogP contribution < -0.4 is 0 Å². The zero-order valence-electron chi connectivity index (χ0n) is 8.85. The summed E-state index contributed by atoms with van der Waals surface area (Å²) in [5.74, 6) is 2.41. The summed E-state index contributed by atoms with van der Waals surface area (Å²) in [5, 5.41) is 0. The molecule has 4 unspecified atom stereocenters. The molecular formula is C12H21F. The van der Waals surface area contributed by atoms with Crippen molar-refractivity contribution in [2.24, 2.45) is 17.8 Å². The second-order valence-corrected chi connectivity index (χ2v) is 5.49. The highest BCUT2D eigenvalue weighted by atomic mass is 19.1. The van der Waals surface area contributed by atoms with Gasteiger partial charge in [-0.15, -0.1) is 0 Å². The van der Waals surface area contributed by atoms with Gasteiger partial charge >= 0.3 is 0 Å². The van der Waals surface area contributed by atoms with Crippen molar-refractivity contribution in [3.8, 4) is 0 Å². The highest BCUT2D eigenvalue weighted by molar-refractivity contribution is 4.91. The molecule has 0 aliphatic heterocycles.